The maximum absolute atomic E-state index is 11.6. The first-order chi connectivity index (χ1) is 9.81. The Bertz CT molecular complexity index is 597. The Balaban J connectivity index is 2.01. The van der Waals surface area contributed by atoms with Gasteiger partial charge in [0, 0.05) is 26.2 Å². The first kappa shape index (κ1) is 14.3. The van der Waals surface area contributed by atoms with Crippen LogP contribution in [0, 0.1) is 0 Å². The minimum atomic E-state index is -0.325. The van der Waals surface area contributed by atoms with E-state index < -0.39 is 0 Å². The Kier molecular flexibility index (Phi) is 5.33. The summed E-state index contributed by atoms with van der Waals surface area (Å²) in [4.78, 5) is 11.6. The SMILES string of the molecule is COCCCOC(=O)/C=C/c1cccc2ccccc12. The van der Waals surface area contributed by atoms with Gasteiger partial charge in [0.25, 0.3) is 0 Å². The van der Waals surface area contributed by atoms with Crippen LogP contribution in [0.4, 0.5) is 0 Å². The smallest absolute Gasteiger partial charge is 0.330 e. The standard InChI is InChI=1S/C17H18O3/c1-19-12-5-13-20-17(18)11-10-15-8-4-7-14-6-2-3-9-16(14)15/h2-4,6-11H,5,12-13H2,1H3/b11-10+. The lowest BCUT2D eigenvalue weighted by molar-refractivity contribution is -0.138. The van der Waals surface area contributed by atoms with E-state index in [2.05, 4.69) is 12.1 Å². The van der Waals surface area contributed by atoms with Gasteiger partial charge in [-0.2, -0.15) is 0 Å². The molecule has 0 aliphatic carbocycles. The zero-order valence-corrected chi connectivity index (χ0v) is 11.5. The molecule has 0 aromatic heterocycles. The molecule has 0 atom stereocenters. The largest absolute Gasteiger partial charge is 0.462 e. The highest BCUT2D eigenvalue weighted by atomic mass is 16.5. The van der Waals surface area contributed by atoms with Gasteiger partial charge in [0.05, 0.1) is 6.61 Å². The molecule has 0 fully saturated rings. The van der Waals surface area contributed by atoms with Crippen LogP contribution in [0.15, 0.2) is 48.5 Å². The average molecular weight is 270 g/mol. The third-order valence-corrected chi connectivity index (χ3v) is 2.96. The highest BCUT2D eigenvalue weighted by Gasteiger charge is 1.99. The highest BCUT2D eigenvalue weighted by Crippen LogP contribution is 2.19. The van der Waals surface area contributed by atoms with Crippen molar-refractivity contribution in [3.05, 3.63) is 54.1 Å². The Labute approximate surface area is 118 Å². The van der Waals surface area contributed by atoms with Gasteiger partial charge in [-0.15, -0.1) is 0 Å². The molecule has 0 bridgehead atoms. The van der Waals surface area contributed by atoms with E-state index in [1.807, 2.05) is 30.3 Å². The van der Waals surface area contributed by atoms with Crippen molar-refractivity contribution in [3.63, 3.8) is 0 Å². The molecule has 0 aliphatic rings. The molecule has 2 aromatic carbocycles. The second-order valence-corrected chi connectivity index (χ2v) is 4.42. The Hall–Kier alpha value is -2.13. The van der Waals surface area contributed by atoms with E-state index in [0.29, 0.717) is 19.6 Å². The van der Waals surface area contributed by atoms with E-state index in [1.54, 1.807) is 13.2 Å². The number of fused-ring (bicyclic) bond motifs is 1. The van der Waals surface area contributed by atoms with E-state index in [0.717, 1.165) is 16.3 Å². The summed E-state index contributed by atoms with van der Waals surface area (Å²) < 4.78 is 9.96. The van der Waals surface area contributed by atoms with Gasteiger partial charge in [-0.25, -0.2) is 4.79 Å². The maximum Gasteiger partial charge on any atom is 0.330 e. The summed E-state index contributed by atoms with van der Waals surface area (Å²) in [6, 6.07) is 14.1. The molecule has 3 nitrogen and oxygen atoms in total. The van der Waals surface area contributed by atoms with Crippen molar-refractivity contribution in [1.29, 1.82) is 0 Å². The van der Waals surface area contributed by atoms with Crippen LogP contribution in [-0.2, 0) is 14.3 Å². The van der Waals surface area contributed by atoms with Crippen LogP contribution in [0.5, 0.6) is 0 Å². The molecule has 0 spiro atoms. The fraction of sp³-hybridized carbons (Fsp3) is 0.235. The first-order valence-electron chi connectivity index (χ1n) is 6.63. The summed E-state index contributed by atoms with van der Waals surface area (Å²) in [5.41, 5.74) is 1.01. The van der Waals surface area contributed by atoms with Crippen LogP contribution in [-0.4, -0.2) is 26.3 Å². The number of benzene rings is 2. The second-order valence-electron chi connectivity index (χ2n) is 4.42. The monoisotopic (exact) mass is 270 g/mol. The van der Waals surface area contributed by atoms with E-state index in [9.17, 15) is 4.79 Å². The minimum absolute atomic E-state index is 0.325. The van der Waals surface area contributed by atoms with E-state index >= 15 is 0 Å². The van der Waals surface area contributed by atoms with Gasteiger partial charge in [-0.1, -0.05) is 42.5 Å². The van der Waals surface area contributed by atoms with Crippen LogP contribution in [0.3, 0.4) is 0 Å². The first-order valence-corrected chi connectivity index (χ1v) is 6.63. The molecule has 0 unspecified atom stereocenters. The van der Waals surface area contributed by atoms with Crippen molar-refractivity contribution in [2.75, 3.05) is 20.3 Å². The van der Waals surface area contributed by atoms with Crippen LogP contribution in [0.1, 0.15) is 12.0 Å². The van der Waals surface area contributed by atoms with E-state index in [1.165, 1.54) is 6.08 Å². The van der Waals surface area contributed by atoms with Gasteiger partial charge < -0.3 is 9.47 Å². The molecule has 3 heteroatoms. The van der Waals surface area contributed by atoms with Gasteiger partial charge in [-0.05, 0) is 22.4 Å². The summed E-state index contributed by atoms with van der Waals surface area (Å²) >= 11 is 0. The number of hydrogen-bond donors (Lipinski definition) is 0. The molecule has 20 heavy (non-hydrogen) atoms. The predicted octanol–water partition coefficient (Wildman–Crippen LogP) is 3.43. The van der Waals surface area contributed by atoms with Gasteiger partial charge >= 0.3 is 5.97 Å². The van der Waals surface area contributed by atoms with Gasteiger partial charge in [0.2, 0.25) is 0 Å². The van der Waals surface area contributed by atoms with Crippen molar-refractivity contribution in [2.45, 2.75) is 6.42 Å². The fourth-order valence-corrected chi connectivity index (χ4v) is 1.98. The molecule has 0 heterocycles. The lowest BCUT2D eigenvalue weighted by Gasteiger charge is -2.02. The van der Waals surface area contributed by atoms with Gasteiger partial charge in [0.15, 0.2) is 0 Å². The zero-order chi connectivity index (χ0) is 14.2. The van der Waals surface area contributed by atoms with Crippen LogP contribution >= 0.6 is 0 Å². The average Bonchev–Trinajstić information content (AvgIpc) is 2.49. The van der Waals surface area contributed by atoms with Crippen molar-refractivity contribution in [1.82, 2.24) is 0 Å². The lowest BCUT2D eigenvalue weighted by atomic mass is 10.0. The van der Waals surface area contributed by atoms with E-state index in [-0.39, 0.29) is 5.97 Å². The normalized spacial score (nSPS) is 11.1. The molecule has 0 radical (unpaired) electrons. The molecule has 0 amide bonds. The minimum Gasteiger partial charge on any atom is -0.462 e. The molecule has 2 rings (SSSR count). The fourth-order valence-electron chi connectivity index (χ4n) is 1.98. The van der Waals surface area contributed by atoms with Crippen LogP contribution in [0.25, 0.3) is 16.8 Å². The molecule has 104 valence electrons. The second kappa shape index (κ2) is 7.46. The molecule has 0 saturated heterocycles. The van der Waals surface area contributed by atoms with Crippen molar-refractivity contribution in [2.24, 2.45) is 0 Å². The third kappa shape index (κ3) is 3.93. The van der Waals surface area contributed by atoms with Gasteiger partial charge in [0.1, 0.15) is 0 Å². The highest BCUT2D eigenvalue weighted by molar-refractivity contribution is 5.94. The molecular weight excluding hydrogens is 252 g/mol. The number of methoxy groups -OCH3 is 1. The van der Waals surface area contributed by atoms with Crippen molar-refractivity contribution < 1.29 is 14.3 Å². The third-order valence-electron chi connectivity index (χ3n) is 2.96. The van der Waals surface area contributed by atoms with Crippen molar-refractivity contribution >= 4 is 22.8 Å². The quantitative estimate of drug-likeness (QED) is 0.458. The lowest BCUT2D eigenvalue weighted by Crippen LogP contribution is -2.04. The summed E-state index contributed by atoms with van der Waals surface area (Å²) in [6.45, 7) is 0.979. The Morgan fingerprint density at radius 2 is 1.90 bits per heavy atom. The molecule has 0 aliphatic heterocycles. The summed E-state index contributed by atoms with van der Waals surface area (Å²) in [7, 11) is 1.63. The van der Waals surface area contributed by atoms with E-state index in [4.69, 9.17) is 9.47 Å². The van der Waals surface area contributed by atoms with Crippen LogP contribution < -0.4 is 0 Å². The summed E-state index contributed by atoms with van der Waals surface area (Å²) in [6.07, 6.45) is 3.97. The number of rotatable bonds is 6. The Morgan fingerprint density at radius 1 is 1.10 bits per heavy atom. The number of hydrogen-bond acceptors (Lipinski definition) is 3. The zero-order valence-electron chi connectivity index (χ0n) is 11.5. The Morgan fingerprint density at radius 3 is 2.75 bits per heavy atom. The predicted molar refractivity (Wildman–Crippen MR) is 80.4 cm³/mol. The van der Waals surface area contributed by atoms with Crippen molar-refractivity contribution in [3.8, 4) is 0 Å². The number of ether oxygens (including phenoxy) is 2. The number of carbonyl (C=O) groups is 1. The molecule has 0 saturated carbocycles. The molecular formula is C17H18O3. The maximum atomic E-state index is 11.6. The topological polar surface area (TPSA) is 35.5 Å². The van der Waals surface area contributed by atoms with Gasteiger partial charge in [-0.3, -0.25) is 0 Å². The summed E-state index contributed by atoms with van der Waals surface area (Å²) in [5, 5.41) is 2.28. The number of esters is 1. The molecule has 2 aromatic rings. The molecule has 0 N–H and O–H groups in total. The van der Waals surface area contributed by atoms with Crippen LogP contribution in [0.2, 0.25) is 0 Å². The summed E-state index contributed by atoms with van der Waals surface area (Å²) in [5.74, 6) is -0.325. The number of carbonyl (C=O) groups excluding carboxylic acids is 1.